The number of ether oxygens (including phenoxy) is 7. The van der Waals surface area contributed by atoms with Crippen LogP contribution in [-0.2, 0) is 33.2 Å². The summed E-state index contributed by atoms with van der Waals surface area (Å²) in [6, 6.07) is 0. The first-order chi connectivity index (χ1) is 24.2. The molecule has 11 heteroatoms. The van der Waals surface area contributed by atoms with Gasteiger partial charge in [0.25, 0.3) is 0 Å². The van der Waals surface area contributed by atoms with Crippen LogP contribution < -0.4 is 5.73 Å². The second kappa shape index (κ2) is 15.9. The van der Waals surface area contributed by atoms with Crippen LogP contribution in [0.3, 0.4) is 0 Å². The molecule has 18 atom stereocenters. The lowest BCUT2D eigenvalue weighted by Crippen LogP contribution is -2.64. The van der Waals surface area contributed by atoms with Crippen LogP contribution in [0.4, 0.5) is 0 Å². The molecule has 6 aliphatic rings. The number of nitrogens with zero attached hydrogens (tertiary/aromatic N) is 1. The van der Waals surface area contributed by atoms with Crippen LogP contribution in [-0.4, -0.2) is 114 Å². The second-order valence-corrected chi connectivity index (χ2v) is 17.9. The summed E-state index contributed by atoms with van der Waals surface area (Å²) in [5, 5.41) is 23.3. The Balaban J connectivity index is 1.36. The van der Waals surface area contributed by atoms with E-state index in [1.165, 1.54) is 0 Å². The fourth-order valence-electron chi connectivity index (χ4n) is 10.3. The van der Waals surface area contributed by atoms with Crippen molar-refractivity contribution in [2.24, 2.45) is 47.2 Å². The van der Waals surface area contributed by atoms with Crippen LogP contribution in [0, 0.1) is 48.0 Å². The Bertz CT molecular complexity index is 1150. The molecule has 0 aromatic heterocycles. The molecule has 0 amide bonds. The minimum absolute atomic E-state index is 0.142. The van der Waals surface area contributed by atoms with E-state index in [4.69, 9.17) is 38.9 Å². The molecule has 2 aliphatic carbocycles. The van der Waals surface area contributed by atoms with Crippen molar-refractivity contribution >= 4 is 0 Å². The molecule has 2 saturated carbocycles. The molecule has 0 bridgehead atoms. The van der Waals surface area contributed by atoms with Crippen molar-refractivity contribution in [3.05, 3.63) is 6.61 Å². The fourth-order valence-corrected chi connectivity index (χ4v) is 10.3. The summed E-state index contributed by atoms with van der Waals surface area (Å²) >= 11 is 0. The molecule has 6 fully saturated rings. The monoisotopic (exact) mass is 724 g/mol. The second-order valence-electron chi connectivity index (χ2n) is 17.9. The minimum Gasteiger partial charge on any atom is -0.387 e. The van der Waals surface area contributed by atoms with Gasteiger partial charge in [0.2, 0.25) is 6.61 Å². The lowest BCUT2D eigenvalue weighted by Gasteiger charge is -2.54. The third kappa shape index (κ3) is 8.20. The van der Waals surface area contributed by atoms with E-state index in [1.807, 2.05) is 27.7 Å². The molecule has 4 N–H and O–H groups in total. The fraction of sp³-hybridized carbons (Fsp3) is 0.975. The standard InChI is InChI=1S/C40H71N2O9/c1-10-45-38(8)19-33(48-28(7)35(38)43)49-34-26(5)37(44)50-36(30-17-23(30)2)39(9)29(22-46-39)21-42(16-12-15-41)20-24(3)31-18-40(31,27(34)6)51-32-14-11-13-25(4)47-32/h10,23-37,43-44H,11-22,41H2,1-9H3/q+1/t23?,24-,25?,26?,27?,28?,29?,30?,31?,32?,33-,34?,35?,36?,37?,38?,39-,40?/m0/s1. The Kier molecular flexibility index (Phi) is 12.5. The van der Waals surface area contributed by atoms with Gasteiger partial charge in [-0.25, -0.2) is 0 Å². The van der Waals surface area contributed by atoms with Gasteiger partial charge in [0, 0.05) is 37.3 Å². The number of fused-ring (bicyclic) bond motifs is 2. The summed E-state index contributed by atoms with van der Waals surface area (Å²) < 4.78 is 46.4. The maximum absolute atomic E-state index is 12.2. The first-order valence-corrected chi connectivity index (χ1v) is 20.3. The maximum Gasteiger partial charge on any atom is 0.225 e. The van der Waals surface area contributed by atoms with E-state index in [0.29, 0.717) is 37.3 Å². The van der Waals surface area contributed by atoms with Gasteiger partial charge in [-0.2, -0.15) is 4.74 Å². The molecule has 4 saturated heterocycles. The first-order valence-electron chi connectivity index (χ1n) is 20.3. The van der Waals surface area contributed by atoms with Crippen molar-refractivity contribution in [2.45, 2.75) is 173 Å². The molecule has 6 rings (SSSR count). The highest BCUT2D eigenvalue weighted by atomic mass is 16.7. The van der Waals surface area contributed by atoms with Gasteiger partial charge < -0.3 is 49.3 Å². The van der Waals surface area contributed by atoms with E-state index in [-0.39, 0.29) is 36.3 Å². The number of aliphatic hydroxyl groups excluding tert-OH is 2. The van der Waals surface area contributed by atoms with Crippen LogP contribution in [0.5, 0.6) is 0 Å². The van der Waals surface area contributed by atoms with Gasteiger partial charge in [0.1, 0.15) is 18.6 Å². The highest BCUT2D eigenvalue weighted by Crippen LogP contribution is 2.60. The number of nitrogens with two attached hydrogens (primary N) is 1. The molecule has 0 aromatic carbocycles. The summed E-state index contributed by atoms with van der Waals surface area (Å²) in [6.45, 7) is 24.5. The maximum atomic E-state index is 12.2. The number of hydrogen-bond acceptors (Lipinski definition) is 11. The lowest BCUT2D eigenvalue weighted by atomic mass is 9.76. The molecule has 0 aromatic rings. The van der Waals surface area contributed by atoms with Crippen molar-refractivity contribution in [2.75, 3.05) is 32.8 Å². The average molecular weight is 724 g/mol. The number of aliphatic hydroxyl groups is 2. The van der Waals surface area contributed by atoms with Crippen LogP contribution in [0.2, 0.25) is 0 Å². The van der Waals surface area contributed by atoms with Gasteiger partial charge in [-0.3, -0.25) is 0 Å². The number of hydrogen-bond donors (Lipinski definition) is 3. The lowest BCUT2D eigenvalue weighted by molar-refractivity contribution is -0.324. The predicted molar refractivity (Wildman–Crippen MR) is 193 cm³/mol. The van der Waals surface area contributed by atoms with Gasteiger partial charge in [-0.1, -0.05) is 27.7 Å². The van der Waals surface area contributed by atoms with Gasteiger partial charge >= 0.3 is 0 Å². The van der Waals surface area contributed by atoms with Crippen molar-refractivity contribution in [1.82, 2.24) is 4.90 Å². The minimum atomic E-state index is -1.11. The molecular weight excluding hydrogens is 652 g/mol. The Hall–Kier alpha value is -0.570. The SMILES string of the molecule is C[CH+]OC1(C)C[C@H](OC2C(C)C(O)OC(C3CC3C)[C@@]3(C)OCC3CN(CCCN)C[C@H](C)C3CC3(OC3CCCC(C)O3)C2C)OC(C)C1O. The van der Waals surface area contributed by atoms with E-state index in [9.17, 15) is 10.2 Å². The van der Waals surface area contributed by atoms with Crippen molar-refractivity contribution < 1.29 is 43.4 Å². The molecule has 294 valence electrons. The quantitative estimate of drug-likeness (QED) is 0.267. The van der Waals surface area contributed by atoms with Crippen molar-refractivity contribution in [1.29, 1.82) is 0 Å². The summed E-state index contributed by atoms with van der Waals surface area (Å²) in [7, 11) is 0. The molecule has 0 radical (unpaired) electrons. The molecule has 4 heterocycles. The van der Waals surface area contributed by atoms with Gasteiger partial charge in [0.05, 0.1) is 42.2 Å². The zero-order valence-corrected chi connectivity index (χ0v) is 33.0. The van der Waals surface area contributed by atoms with Crippen LogP contribution in [0.1, 0.15) is 107 Å². The Morgan fingerprint density at radius 3 is 2.31 bits per heavy atom. The van der Waals surface area contributed by atoms with E-state index in [0.717, 1.165) is 58.2 Å². The topological polar surface area (TPSA) is 134 Å². The molecule has 0 spiro atoms. The average Bonchev–Trinajstić information content (AvgIpc) is 4.00. The zero-order chi connectivity index (χ0) is 36.9. The van der Waals surface area contributed by atoms with Crippen LogP contribution in [0.15, 0.2) is 0 Å². The van der Waals surface area contributed by atoms with E-state index < -0.39 is 53.6 Å². The normalized spacial score (nSPS) is 52.5. The molecule has 11 nitrogen and oxygen atoms in total. The number of rotatable bonds is 10. The molecule has 4 aliphatic heterocycles. The van der Waals surface area contributed by atoms with Gasteiger partial charge in [0.15, 0.2) is 18.9 Å². The summed E-state index contributed by atoms with van der Waals surface area (Å²) in [6.07, 6.45) is 2.18. The smallest absolute Gasteiger partial charge is 0.225 e. The third-order valence-electron chi connectivity index (χ3n) is 13.9. The Morgan fingerprint density at radius 1 is 0.941 bits per heavy atom. The van der Waals surface area contributed by atoms with Crippen molar-refractivity contribution in [3.63, 3.8) is 0 Å². The van der Waals surface area contributed by atoms with E-state index in [1.54, 1.807) is 6.61 Å². The predicted octanol–water partition coefficient (Wildman–Crippen LogP) is 4.85. The summed E-state index contributed by atoms with van der Waals surface area (Å²) in [5.74, 6) is 1.16. The van der Waals surface area contributed by atoms with E-state index in [2.05, 4.69) is 39.5 Å². The highest BCUT2D eigenvalue weighted by Gasteiger charge is 2.66. The van der Waals surface area contributed by atoms with Gasteiger partial charge in [-0.05, 0) is 103 Å². The van der Waals surface area contributed by atoms with Gasteiger partial charge in [-0.15, -0.1) is 0 Å². The van der Waals surface area contributed by atoms with Crippen LogP contribution >= 0.6 is 0 Å². The van der Waals surface area contributed by atoms with Crippen LogP contribution in [0.25, 0.3) is 0 Å². The molecular formula is C40H71N2O9+. The zero-order valence-electron chi connectivity index (χ0n) is 33.0. The Labute approximate surface area is 307 Å². The van der Waals surface area contributed by atoms with E-state index >= 15 is 0 Å². The first kappa shape index (κ1) is 40.1. The third-order valence-corrected chi connectivity index (χ3v) is 13.9. The highest BCUT2D eigenvalue weighted by molar-refractivity contribution is 5.14. The largest absolute Gasteiger partial charge is 0.387 e. The molecule has 15 unspecified atom stereocenters. The summed E-state index contributed by atoms with van der Waals surface area (Å²) in [4.78, 5) is 2.59. The molecule has 51 heavy (non-hydrogen) atoms. The van der Waals surface area contributed by atoms with Crippen molar-refractivity contribution in [3.8, 4) is 0 Å². The summed E-state index contributed by atoms with van der Waals surface area (Å²) in [5.41, 5.74) is 4.16. The Morgan fingerprint density at radius 2 is 1.69 bits per heavy atom.